The van der Waals surface area contributed by atoms with Crippen LogP contribution in [0.15, 0.2) is 18.2 Å². The van der Waals surface area contributed by atoms with Gasteiger partial charge < -0.3 is 24.4 Å². The molecule has 0 aromatic heterocycles. The molecule has 140 valence electrons. The lowest BCUT2D eigenvalue weighted by atomic mass is 10.2. The summed E-state index contributed by atoms with van der Waals surface area (Å²) in [6, 6.07) is 5.05. The van der Waals surface area contributed by atoms with E-state index in [9.17, 15) is 14.4 Å². The van der Waals surface area contributed by atoms with E-state index in [1.807, 2.05) is 0 Å². The minimum absolute atomic E-state index is 0.112. The standard InChI is InChI=1S/C17H21N3O6/c1-2-24-16(22)10-18-15(21)11-19-5-6-20(17(19)23)12-3-4-13-14(9-12)26-8-7-25-13/h3-4,9H,2,5-8,10-11H2,1H3,(H,18,21). The molecule has 0 bridgehead atoms. The largest absolute Gasteiger partial charge is 0.486 e. The summed E-state index contributed by atoms with van der Waals surface area (Å²) >= 11 is 0. The van der Waals surface area contributed by atoms with E-state index in [1.165, 1.54) is 4.90 Å². The second kappa shape index (κ2) is 7.94. The zero-order valence-electron chi connectivity index (χ0n) is 14.5. The lowest BCUT2D eigenvalue weighted by Crippen LogP contribution is -2.41. The summed E-state index contributed by atoms with van der Waals surface area (Å²) in [5.74, 6) is 0.343. The zero-order chi connectivity index (χ0) is 18.5. The molecular formula is C17H21N3O6. The van der Waals surface area contributed by atoms with Gasteiger partial charge in [0.15, 0.2) is 11.5 Å². The number of ether oxygens (including phenoxy) is 3. The predicted molar refractivity (Wildman–Crippen MR) is 91.4 cm³/mol. The van der Waals surface area contributed by atoms with Gasteiger partial charge in [0.1, 0.15) is 26.3 Å². The third kappa shape index (κ3) is 3.98. The summed E-state index contributed by atoms with van der Waals surface area (Å²) in [7, 11) is 0. The van der Waals surface area contributed by atoms with Crippen LogP contribution in [0.3, 0.4) is 0 Å². The van der Waals surface area contributed by atoms with Crippen LogP contribution < -0.4 is 19.7 Å². The molecule has 3 rings (SSSR count). The Labute approximate surface area is 150 Å². The average molecular weight is 363 g/mol. The SMILES string of the molecule is CCOC(=O)CNC(=O)CN1CCN(c2ccc3c(c2)OCCO3)C1=O. The Morgan fingerprint density at radius 1 is 1.19 bits per heavy atom. The van der Waals surface area contributed by atoms with Crippen LogP contribution >= 0.6 is 0 Å². The van der Waals surface area contributed by atoms with Gasteiger partial charge in [-0.1, -0.05) is 0 Å². The van der Waals surface area contributed by atoms with Crippen molar-refractivity contribution in [2.75, 3.05) is 50.9 Å². The monoisotopic (exact) mass is 363 g/mol. The second-order valence-electron chi connectivity index (χ2n) is 5.77. The van der Waals surface area contributed by atoms with Gasteiger partial charge in [0, 0.05) is 24.8 Å². The number of carbonyl (C=O) groups is 3. The number of rotatable bonds is 6. The van der Waals surface area contributed by atoms with Crippen LogP contribution in [0, 0.1) is 0 Å². The molecule has 1 aromatic rings. The van der Waals surface area contributed by atoms with E-state index in [-0.39, 0.29) is 25.7 Å². The Morgan fingerprint density at radius 3 is 2.73 bits per heavy atom. The molecule has 1 fully saturated rings. The van der Waals surface area contributed by atoms with Crippen molar-refractivity contribution in [3.63, 3.8) is 0 Å². The van der Waals surface area contributed by atoms with Crippen LogP contribution in [0.5, 0.6) is 11.5 Å². The smallest absolute Gasteiger partial charge is 0.325 e. The van der Waals surface area contributed by atoms with Gasteiger partial charge >= 0.3 is 12.0 Å². The summed E-state index contributed by atoms with van der Waals surface area (Å²) in [5, 5.41) is 2.45. The van der Waals surface area contributed by atoms with Crippen LogP contribution in [0.1, 0.15) is 6.92 Å². The molecule has 2 aliphatic rings. The molecule has 2 heterocycles. The molecule has 0 unspecified atom stereocenters. The molecule has 9 heteroatoms. The molecule has 1 aromatic carbocycles. The van der Waals surface area contributed by atoms with E-state index in [2.05, 4.69) is 5.32 Å². The number of carbonyl (C=O) groups excluding carboxylic acids is 3. The van der Waals surface area contributed by atoms with Crippen molar-refractivity contribution < 1.29 is 28.6 Å². The van der Waals surface area contributed by atoms with Gasteiger partial charge in [-0.3, -0.25) is 14.5 Å². The third-order valence-electron chi connectivity index (χ3n) is 4.00. The van der Waals surface area contributed by atoms with Gasteiger partial charge in [-0.05, 0) is 19.1 Å². The summed E-state index contributed by atoms with van der Waals surface area (Å²) < 4.78 is 15.8. The number of nitrogens with one attached hydrogen (secondary N) is 1. The number of urea groups is 1. The highest BCUT2D eigenvalue weighted by molar-refractivity contribution is 5.97. The fraction of sp³-hybridized carbons (Fsp3) is 0.471. The molecule has 2 aliphatic heterocycles. The van der Waals surface area contributed by atoms with Crippen LogP contribution in [0.4, 0.5) is 10.5 Å². The first kappa shape index (κ1) is 17.8. The molecule has 0 spiro atoms. The summed E-state index contributed by atoms with van der Waals surface area (Å²) in [4.78, 5) is 38.7. The average Bonchev–Trinajstić information content (AvgIpc) is 3.00. The Balaban J connectivity index is 1.56. The summed E-state index contributed by atoms with van der Waals surface area (Å²) in [6.45, 7) is 3.48. The van der Waals surface area contributed by atoms with E-state index < -0.39 is 11.9 Å². The summed E-state index contributed by atoms with van der Waals surface area (Å²) in [6.07, 6.45) is 0. The maximum Gasteiger partial charge on any atom is 0.325 e. The number of fused-ring (bicyclic) bond motifs is 1. The first-order chi connectivity index (χ1) is 12.6. The number of amides is 3. The number of hydrogen-bond donors (Lipinski definition) is 1. The fourth-order valence-corrected chi connectivity index (χ4v) is 2.78. The first-order valence-corrected chi connectivity index (χ1v) is 8.47. The van der Waals surface area contributed by atoms with Crippen LogP contribution in [-0.4, -0.2) is 68.8 Å². The second-order valence-corrected chi connectivity index (χ2v) is 5.77. The molecule has 26 heavy (non-hydrogen) atoms. The normalized spacial score (nSPS) is 15.8. The molecular weight excluding hydrogens is 342 g/mol. The molecule has 3 amide bonds. The minimum Gasteiger partial charge on any atom is -0.486 e. The number of nitrogens with zero attached hydrogens (tertiary/aromatic N) is 2. The number of hydrogen-bond acceptors (Lipinski definition) is 6. The lowest BCUT2D eigenvalue weighted by Gasteiger charge is -2.22. The predicted octanol–water partition coefficient (Wildman–Crippen LogP) is 0.379. The van der Waals surface area contributed by atoms with E-state index >= 15 is 0 Å². The van der Waals surface area contributed by atoms with Crippen molar-refractivity contribution in [3.05, 3.63) is 18.2 Å². The molecule has 0 atom stereocenters. The highest BCUT2D eigenvalue weighted by Gasteiger charge is 2.31. The van der Waals surface area contributed by atoms with Gasteiger partial charge in [0.2, 0.25) is 5.91 Å². The van der Waals surface area contributed by atoms with Crippen molar-refractivity contribution in [1.29, 1.82) is 0 Å². The van der Waals surface area contributed by atoms with E-state index in [0.717, 1.165) is 0 Å². The molecule has 1 saturated heterocycles. The van der Waals surface area contributed by atoms with Crippen LogP contribution in [0.25, 0.3) is 0 Å². The Morgan fingerprint density at radius 2 is 1.96 bits per heavy atom. The molecule has 0 aliphatic carbocycles. The molecule has 9 nitrogen and oxygen atoms in total. The maximum atomic E-state index is 12.6. The Bertz CT molecular complexity index is 708. The number of benzene rings is 1. The topological polar surface area (TPSA) is 97.4 Å². The highest BCUT2D eigenvalue weighted by atomic mass is 16.6. The Hall–Kier alpha value is -2.97. The van der Waals surface area contributed by atoms with Gasteiger partial charge in [0.05, 0.1) is 6.61 Å². The van der Waals surface area contributed by atoms with Gasteiger partial charge in [-0.2, -0.15) is 0 Å². The van der Waals surface area contributed by atoms with Crippen LogP contribution in [0.2, 0.25) is 0 Å². The van der Waals surface area contributed by atoms with Crippen LogP contribution in [-0.2, 0) is 14.3 Å². The molecule has 1 N–H and O–H groups in total. The summed E-state index contributed by atoms with van der Waals surface area (Å²) in [5.41, 5.74) is 0.689. The molecule has 0 saturated carbocycles. The van der Waals surface area contributed by atoms with Gasteiger partial charge in [-0.25, -0.2) is 4.79 Å². The molecule has 0 radical (unpaired) electrons. The van der Waals surface area contributed by atoms with Gasteiger partial charge in [-0.15, -0.1) is 0 Å². The third-order valence-corrected chi connectivity index (χ3v) is 4.00. The highest BCUT2D eigenvalue weighted by Crippen LogP contribution is 2.34. The first-order valence-electron chi connectivity index (χ1n) is 8.47. The van der Waals surface area contributed by atoms with Gasteiger partial charge in [0.25, 0.3) is 0 Å². The van der Waals surface area contributed by atoms with Crippen molar-refractivity contribution in [1.82, 2.24) is 10.2 Å². The quantitative estimate of drug-likeness (QED) is 0.734. The van der Waals surface area contributed by atoms with Crippen molar-refractivity contribution >= 4 is 23.6 Å². The lowest BCUT2D eigenvalue weighted by molar-refractivity contribution is -0.143. The zero-order valence-corrected chi connectivity index (χ0v) is 14.5. The van der Waals surface area contributed by atoms with E-state index in [0.29, 0.717) is 43.5 Å². The number of anilines is 1. The van der Waals surface area contributed by atoms with E-state index in [1.54, 1.807) is 30.0 Å². The minimum atomic E-state index is -0.508. The number of esters is 1. The van der Waals surface area contributed by atoms with Crippen molar-refractivity contribution in [3.8, 4) is 11.5 Å². The fourth-order valence-electron chi connectivity index (χ4n) is 2.78. The van der Waals surface area contributed by atoms with Crippen molar-refractivity contribution in [2.24, 2.45) is 0 Å². The van der Waals surface area contributed by atoms with Crippen molar-refractivity contribution in [2.45, 2.75) is 6.92 Å². The van der Waals surface area contributed by atoms with E-state index in [4.69, 9.17) is 14.2 Å². The maximum absolute atomic E-state index is 12.6. The Kier molecular flexibility index (Phi) is 5.45.